The minimum absolute atomic E-state index is 0.167. The Bertz CT molecular complexity index is 861. The van der Waals surface area contributed by atoms with Crippen LogP contribution in [0.1, 0.15) is 22.4 Å². The summed E-state index contributed by atoms with van der Waals surface area (Å²) < 4.78 is 5.48. The number of carbonyl (C=O) groups is 2. The van der Waals surface area contributed by atoms with Crippen LogP contribution < -0.4 is 11.1 Å². The molecule has 27 heavy (non-hydrogen) atoms. The highest BCUT2D eigenvalue weighted by Gasteiger charge is 2.27. The molecule has 7 nitrogen and oxygen atoms in total. The van der Waals surface area contributed by atoms with Crippen LogP contribution in [0.4, 0.5) is 15.5 Å². The van der Waals surface area contributed by atoms with Gasteiger partial charge in [0.2, 0.25) is 5.91 Å². The van der Waals surface area contributed by atoms with Crippen molar-refractivity contribution < 1.29 is 14.3 Å². The molecule has 1 aliphatic carbocycles. The van der Waals surface area contributed by atoms with E-state index in [2.05, 4.69) is 10.3 Å². The topological polar surface area (TPSA) is 97.5 Å². The quantitative estimate of drug-likeness (QED) is 0.788. The molecule has 8 heteroatoms. The average Bonchev–Trinajstić information content (AvgIpc) is 2.95. The lowest BCUT2D eigenvalue weighted by atomic mass is 9.95. The molecule has 2 heterocycles. The largest absolute Gasteiger partial charge is 0.446 e. The molecule has 0 fully saturated rings. The number of amides is 2. The van der Waals surface area contributed by atoms with Crippen molar-refractivity contribution in [1.29, 1.82) is 0 Å². The number of nitrogens with zero attached hydrogens (tertiary/aromatic N) is 2. The number of pyridine rings is 1. The summed E-state index contributed by atoms with van der Waals surface area (Å²) in [5.41, 5.74) is 8.72. The van der Waals surface area contributed by atoms with E-state index in [1.807, 2.05) is 12.1 Å². The predicted molar refractivity (Wildman–Crippen MR) is 107 cm³/mol. The molecule has 0 saturated heterocycles. The number of ether oxygens (including phenoxy) is 1. The molecule has 3 N–H and O–H groups in total. The normalized spacial score (nSPS) is 16.0. The maximum atomic E-state index is 12.2. The predicted octanol–water partition coefficient (Wildman–Crippen LogP) is 2.93. The summed E-state index contributed by atoms with van der Waals surface area (Å²) in [5.74, 6) is -0.250. The highest BCUT2D eigenvalue weighted by molar-refractivity contribution is 7.17. The number of nitrogens with one attached hydrogen (secondary N) is 1. The second-order valence-electron chi connectivity index (χ2n) is 6.50. The third-order valence-corrected chi connectivity index (χ3v) is 5.43. The molecule has 2 aromatic heterocycles. The van der Waals surface area contributed by atoms with Gasteiger partial charge in [0.1, 0.15) is 11.1 Å². The van der Waals surface area contributed by atoms with E-state index in [0.717, 1.165) is 28.8 Å². The number of aromatic nitrogens is 1. The Morgan fingerprint density at radius 1 is 1.44 bits per heavy atom. The van der Waals surface area contributed by atoms with Gasteiger partial charge in [0, 0.05) is 43.9 Å². The molecule has 0 saturated carbocycles. The van der Waals surface area contributed by atoms with Crippen molar-refractivity contribution >= 4 is 40.1 Å². The van der Waals surface area contributed by atoms with Crippen LogP contribution in [0.3, 0.4) is 0 Å². The van der Waals surface area contributed by atoms with E-state index in [0.29, 0.717) is 17.1 Å². The SMILES string of the molecule is CN(C)C(=O)OC1CCc2c(sc(NC(=O)/C=C/c3cccnc3)c2N)C1. The number of fused-ring (bicyclic) bond motifs is 1. The van der Waals surface area contributed by atoms with Gasteiger partial charge in [0.15, 0.2) is 0 Å². The lowest BCUT2D eigenvalue weighted by Gasteiger charge is -2.24. The molecular formula is C19H22N4O3S. The molecule has 0 spiro atoms. The van der Waals surface area contributed by atoms with Crippen molar-refractivity contribution in [2.75, 3.05) is 25.1 Å². The van der Waals surface area contributed by atoms with Gasteiger partial charge in [-0.05, 0) is 36.1 Å². The van der Waals surface area contributed by atoms with Crippen molar-refractivity contribution in [3.8, 4) is 0 Å². The number of hydrogen-bond acceptors (Lipinski definition) is 6. The molecular weight excluding hydrogens is 364 g/mol. The minimum Gasteiger partial charge on any atom is -0.446 e. The number of nitrogens with two attached hydrogens (primary N) is 1. The van der Waals surface area contributed by atoms with Gasteiger partial charge in [-0.25, -0.2) is 4.79 Å². The van der Waals surface area contributed by atoms with E-state index >= 15 is 0 Å². The zero-order valence-electron chi connectivity index (χ0n) is 15.3. The van der Waals surface area contributed by atoms with Gasteiger partial charge < -0.3 is 20.7 Å². The summed E-state index contributed by atoms with van der Waals surface area (Å²) in [4.78, 5) is 30.4. The van der Waals surface area contributed by atoms with E-state index in [-0.39, 0.29) is 18.1 Å². The summed E-state index contributed by atoms with van der Waals surface area (Å²) in [6.45, 7) is 0. The van der Waals surface area contributed by atoms with Gasteiger partial charge in [-0.3, -0.25) is 9.78 Å². The first-order chi connectivity index (χ1) is 12.9. The van der Waals surface area contributed by atoms with Crippen LogP contribution in [-0.4, -0.2) is 42.1 Å². The second-order valence-corrected chi connectivity index (χ2v) is 7.60. The highest BCUT2D eigenvalue weighted by atomic mass is 32.1. The zero-order chi connectivity index (χ0) is 19.4. The van der Waals surface area contributed by atoms with E-state index in [1.54, 1.807) is 32.6 Å². The first kappa shape index (κ1) is 18.9. The Morgan fingerprint density at radius 2 is 2.26 bits per heavy atom. The number of hydrogen-bond donors (Lipinski definition) is 2. The van der Waals surface area contributed by atoms with E-state index in [4.69, 9.17) is 10.5 Å². The Hall–Kier alpha value is -2.87. The number of carbonyl (C=O) groups excluding carboxylic acids is 2. The van der Waals surface area contributed by atoms with Crippen LogP contribution in [0.15, 0.2) is 30.6 Å². The van der Waals surface area contributed by atoms with Gasteiger partial charge in [0.05, 0.1) is 5.69 Å². The number of anilines is 2. The third kappa shape index (κ3) is 4.65. The molecule has 1 atom stereocenters. The summed E-state index contributed by atoms with van der Waals surface area (Å²) in [5, 5.41) is 3.48. The van der Waals surface area contributed by atoms with Crippen LogP contribution in [0, 0.1) is 0 Å². The van der Waals surface area contributed by atoms with Crippen molar-refractivity contribution in [1.82, 2.24) is 9.88 Å². The van der Waals surface area contributed by atoms with E-state index in [1.165, 1.54) is 22.3 Å². The molecule has 0 bridgehead atoms. The van der Waals surface area contributed by atoms with Crippen molar-refractivity contribution in [3.05, 3.63) is 46.6 Å². The maximum Gasteiger partial charge on any atom is 0.409 e. The first-order valence-corrected chi connectivity index (χ1v) is 9.42. The zero-order valence-corrected chi connectivity index (χ0v) is 16.1. The van der Waals surface area contributed by atoms with Gasteiger partial charge >= 0.3 is 6.09 Å². The summed E-state index contributed by atoms with van der Waals surface area (Å²) in [6, 6.07) is 3.67. The van der Waals surface area contributed by atoms with Crippen molar-refractivity contribution in [3.63, 3.8) is 0 Å². The van der Waals surface area contributed by atoms with Crippen LogP contribution in [-0.2, 0) is 22.4 Å². The fraction of sp³-hybridized carbons (Fsp3) is 0.316. The smallest absolute Gasteiger partial charge is 0.409 e. The third-order valence-electron chi connectivity index (χ3n) is 4.24. The summed E-state index contributed by atoms with van der Waals surface area (Å²) in [7, 11) is 3.32. The molecule has 2 amide bonds. The van der Waals surface area contributed by atoms with Gasteiger partial charge in [0.25, 0.3) is 0 Å². The Labute approximate surface area is 161 Å². The molecule has 0 aliphatic heterocycles. The molecule has 1 aliphatic rings. The number of nitrogen functional groups attached to an aromatic ring is 1. The monoisotopic (exact) mass is 386 g/mol. The van der Waals surface area contributed by atoms with Crippen LogP contribution in [0.25, 0.3) is 6.08 Å². The highest BCUT2D eigenvalue weighted by Crippen LogP contribution is 2.40. The van der Waals surface area contributed by atoms with Crippen LogP contribution >= 0.6 is 11.3 Å². The minimum atomic E-state index is -0.345. The Kier molecular flexibility index (Phi) is 5.75. The Balaban J connectivity index is 1.65. The standard InChI is InChI=1S/C19H22N4O3S/c1-23(2)19(25)26-13-6-7-14-15(10-13)27-18(17(14)20)22-16(24)8-5-12-4-3-9-21-11-12/h3-5,8-9,11,13H,6-7,10,20H2,1-2H3,(H,22,24)/b8-5+. The molecule has 0 aromatic carbocycles. The lowest BCUT2D eigenvalue weighted by Crippen LogP contribution is -2.31. The van der Waals surface area contributed by atoms with Gasteiger partial charge in [-0.2, -0.15) is 0 Å². The van der Waals surface area contributed by atoms with Crippen LogP contribution in [0.2, 0.25) is 0 Å². The molecule has 3 rings (SSSR count). The van der Waals surface area contributed by atoms with E-state index in [9.17, 15) is 9.59 Å². The first-order valence-electron chi connectivity index (χ1n) is 8.61. The van der Waals surface area contributed by atoms with Crippen LogP contribution in [0.5, 0.6) is 0 Å². The lowest BCUT2D eigenvalue weighted by molar-refractivity contribution is -0.111. The van der Waals surface area contributed by atoms with Gasteiger partial charge in [-0.15, -0.1) is 11.3 Å². The summed E-state index contributed by atoms with van der Waals surface area (Å²) in [6.07, 6.45) is 8.06. The Morgan fingerprint density at radius 3 is 2.96 bits per heavy atom. The maximum absolute atomic E-state index is 12.2. The fourth-order valence-electron chi connectivity index (χ4n) is 2.82. The van der Waals surface area contributed by atoms with Crippen molar-refractivity contribution in [2.45, 2.75) is 25.4 Å². The molecule has 142 valence electrons. The van der Waals surface area contributed by atoms with Gasteiger partial charge in [-0.1, -0.05) is 6.07 Å². The van der Waals surface area contributed by atoms with Crippen molar-refractivity contribution in [2.24, 2.45) is 0 Å². The average molecular weight is 386 g/mol. The fourth-order valence-corrected chi connectivity index (χ4v) is 4.06. The summed E-state index contributed by atoms with van der Waals surface area (Å²) >= 11 is 1.44. The molecule has 2 aromatic rings. The number of rotatable bonds is 4. The number of thiophene rings is 1. The molecule has 0 radical (unpaired) electrons. The second kappa shape index (κ2) is 8.22. The molecule has 1 unspecified atom stereocenters. The van der Waals surface area contributed by atoms with E-state index < -0.39 is 0 Å².